The van der Waals surface area contributed by atoms with Crippen molar-refractivity contribution in [2.45, 2.75) is 6.42 Å². The molecule has 1 heterocycles. The molecule has 7 heteroatoms. The van der Waals surface area contributed by atoms with Crippen molar-refractivity contribution in [2.24, 2.45) is 0 Å². The highest BCUT2D eigenvalue weighted by molar-refractivity contribution is 5.66. The average Bonchev–Trinajstić information content (AvgIpc) is 2.52. The lowest BCUT2D eigenvalue weighted by Crippen LogP contribution is -2.06. The van der Waals surface area contributed by atoms with Gasteiger partial charge in [-0.1, -0.05) is 0 Å². The monoisotopic (exact) mass is 304 g/mol. The Bertz CT molecular complexity index is 634. The van der Waals surface area contributed by atoms with E-state index in [2.05, 4.69) is 15.3 Å². The summed E-state index contributed by atoms with van der Waals surface area (Å²) in [6.07, 6.45) is 0.593. The third-order valence-corrected chi connectivity index (χ3v) is 2.99. The van der Waals surface area contributed by atoms with Gasteiger partial charge in [-0.3, -0.25) is 0 Å². The Hall–Kier alpha value is -2.54. The standard InChI is InChI=1S/C15H20N4O3/c1-20-7-6-14-18-13(16)9-15(19-14)17-11-5-4-10(21-2)8-12(11)22-3/h4-5,8-9H,6-7H2,1-3H3,(H3,16,17,18,19). The summed E-state index contributed by atoms with van der Waals surface area (Å²) in [7, 11) is 4.83. The Morgan fingerprint density at radius 1 is 1.09 bits per heavy atom. The SMILES string of the molecule is COCCc1nc(N)cc(Nc2ccc(OC)cc2OC)n1. The van der Waals surface area contributed by atoms with Gasteiger partial charge in [0.15, 0.2) is 0 Å². The molecule has 0 amide bonds. The largest absolute Gasteiger partial charge is 0.497 e. The fourth-order valence-electron chi connectivity index (χ4n) is 1.93. The summed E-state index contributed by atoms with van der Waals surface area (Å²) in [4.78, 5) is 8.59. The molecule has 3 N–H and O–H groups in total. The van der Waals surface area contributed by atoms with Crippen molar-refractivity contribution < 1.29 is 14.2 Å². The molecule has 0 radical (unpaired) electrons. The molecule has 0 fully saturated rings. The van der Waals surface area contributed by atoms with Crippen LogP contribution < -0.4 is 20.5 Å². The summed E-state index contributed by atoms with van der Waals surface area (Å²) >= 11 is 0. The highest BCUT2D eigenvalue weighted by Gasteiger charge is 2.08. The van der Waals surface area contributed by atoms with Crippen molar-refractivity contribution in [3.63, 3.8) is 0 Å². The normalized spacial score (nSPS) is 10.3. The van der Waals surface area contributed by atoms with Crippen molar-refractivity contribution in [1.29, 1.82) is 0 Å². The van der Waals surface area contributed by atoms with Gasteiger partial charge in [0.1, 0.15) is 29.0 Å². The number of rotatable bonds is 7. The van der Waals surface area contributed by atoms with Crippen molar-refractivity contribution in [3.8, 4) is 11.5 Å². The van der Waals surface area contributed by atoms with Crippen molar-refractivity contribution in [2.75, 3.05) is 39.0 Å². The van der Waals surface area contributed by atoms with Gasteiger partial charge in [0.25, 0.3) is 0 Å². The van der Waals surface area contributed by atoms with E-state index in [-0.39, 0.29) is 0 Å². The second-order valence-electron chi connectivity index (χ2n) is 4.53. The molecule has 0 atom stereocenters. The minimum absolute atomic E-state index is 0.399. The zero-order chi connectivity index (χ0) is 15.9. The van der Waals surface area contributed by atoms with Crippen LogP contribution in [0.5, 0.6) is 11.5 Å². The minimum atomic E-state index is 0.399. The summed E-state index contributed by atoms with van der Waals surface area (Å²) in [6, 6.07) is 7.14. The van der Waals surface area contributed by atoms with E-state index in [9.17, 15) is 0 Å². The highest BCUT2D eigenvalue weighted by Crippen LogP contribution is 2.31. The Balaban J connectivity index is 2.24. The lowest BCUT2D eigenvalue weighted by atomic mass is 10.2. The number of nitrogens with one attached hydrogen (secondary N) is 1. The maximum Gasteiger partial charge on any atom is 0.146 e. The van der Waals surface area contributed by atoms with Crippen LogP contribution in [0, 0.1) is 0 Å². The number of anilines is 3. The number of aromatic nitrogens is 2. The number of nitrogens with two attached hydrogens (primary N) is 1. The molecule has 0 aliphatic rings. The molecule has 0 saturated heterocycles. The maximum absolute atomic E-state index is 5.82. The molecule has 0 spiro atoms. The zero-order valence-corrected chi connectivity index (χ0v) is 12.9. The van der Waals surface area contributed by atoms with Gasteiger partial charge in [0.05, 0.1) is 26.5 Å². The Morgan fingerprint density at radius 2 is 1.91 bits per heavy atom. The fraction of sp³-hybridized carbons (Fsp3) is 0.333. The highest BCUT2D eigenvalue weighted by atomic mass is 16.5. The van der Waals surface area contributed by atoms with Gasteiger partial charge in [-0.05, 0) is 12.1 Å². The van der Waals surface area contributed by atoms with Crippen molar-refractivity contribution >= 4 is 17.3 Å². The predicted octanol–water partition coefficient (Wildman–Crippen LogP) is 2.01. The summed E-state index contributed by atoms with van der Waals surface area (Å²) in [6.45, 7) is 0.536. The van der Waals surface area contributed by atoms with Gasteiger partial charge >= 0.3 is 0 Å². The molecule has 0 unspecified atom stereocenters. The number of nitrogen functional groups attached to an aromatic ring is 1. The van der Waals surface area contributed by atoms with Crippen molar-refractivity contribution in [3.05, 3.63) is 30.1 Å². The van der Waals surface area contributed by atoms with Gasteiger partial charge in [0, 0.05) is 25.7 Å². The first-order valence-corrected chi connectivity index (χ1v) is 6.77. The van der Waals surface area contributed by atoms with Crippen LogP contribution in [0.3, 0.4) is 0 Å². The first-order chi connectivity index (χ1) is 10.7. The number of ether oxygens (including phenoxy) is 3. The third kappa shape index (κ3) is 3.98. The molecular weight excluding hydrogens is 284 g/mol. The maximum atomic E-state index is 5.82. The minimum Gasteiger partial charge on any atom is -0.497 e. The van der Waals surface area contributed by atoms with Crippen LogP contribution in [0.15, 0.2) is 24.3 Å². The molecule has 118 valence electrons. The van der Waals surface area contributed by atoms with Crippen LogP contribution >= 0.6 is 0 Å². The first-order valence-electron chi connectivity index (χ1n) is 6.77. The number of methoxy groups -OCH3 is 3. The van der Waals surface area contributed by atoms with E-state index in [1.54, 1.807) is 33.5 Å². The molecule has 0 bridgehead atoms. The Labute approximate surface area is 129 Å². The summed E-state index contributed by atoms with van der Waals surface area (Å²) in [5, 5.41) is 3.18. The van der Waals surface area contributed by atoms with Crippen LogP contribution in [0.2, 0.25) is 0 Å². The van der Waals surface area contributed by atoms with Crippen LogP contribution in [-0.4, -0.2) is 37.9 Å². The first kappa shape index (κ1) is 15.8. The molecule has 1 aromatic heterocycles. The van der Waals surface area contributed by atoms with Gasteiger partial charge in [-0.2, -0.15) is 0 Å². The number of hydrogen-bond acceptors (Lipinski definition) is 7. The van der Waals surface area contributed by atoms with Gasteiger partial charge in [0.2, 0.25) is 0 Å². The predicted molar refractivity (Wildman–Crippen MR) is 84.9 cm³/mol. The second kappa shape index (κ2) is 7.46. The molecular formula is C15H20N4O3. The molecule has 2 aromatic rings. The molecule has 1 aromatic carbocycles. The van der Waals surface area contributed by atoms with E-state index in [1.165, 1.54) is 0 Å². The van der Waals surface area contributed by atoms with E-state index in [4.69, 9.17) is 19.9 Å². The number of benzene rings is 1. The van der Waals surface area contributed by atoms with E-state index in [1.807, 2.05) is 12.1 Å². The van der Waals surface area contributed by atoms with Crippen LogP contribution in [0.25, 0.3) is 0 Å². The average molecular weight is 304 g/mol. The smallest absolute Gasteiger partial charge is 0.146 e. The molecule has 0 aliphatic carbocycles. The van der Waals surface area contributed by atoms with Crippen LogP contribution in [0.1, 0.15) is 5.82 Å². The Kier molecular flexibility index (Phi) is 5.37. The third-order valence-electron chi connectivity index (χ3n) is 2.99. The quantitative estimate of drug-likeness (QED) is 0.808. The molecule has 22 heavy (non-hydrogen) atoms. The molecule has 0 aliphatic heterocycles. The number of hydrogen-bond donors (Lipinski definition) is 2. The van der Waals surface area contributed by atoms with E-state index in [0.717, 1.165) is 5.69 Å². The van der Waals surface area contributed by atoms with Gasteiger partial charge in [-0.15, -0.1) is 0 Å². The topological polar surface area (TPSA) is 91.5 Å². The summed E-state index contributed by atoms with van der Waals surface area (Å²) in [5.74, 6) is 2.98. The van der Waals surface area contributed by atoms with Crippen molar-refractivity contribution in [1.82, 2.24) is 9.97 Å². The molecule has 2 rings (SSSR count). The Morgan fingerprint density at radius 3 is 2.59 bits per heavy atom. The van der Waals surface area contributed by atoms with Gasteiger partial charge in [-0.25, -0.2) is 9.97 Å². The van der Waals surface area contributed by atoms with Crippen LogP contribution in [0.4, 0.5) is 17.3 Å². The lowest BCUT2D eigenvalue weighted by molar-refractivity contribution is 0.200. The zero-order valence-electron chi connectivity index (χ0n) is 12.9. The fourth-order valence-corrected chi connectivity index (χ4v) is 1.93. The van der Waals surface area contributed by atoms with Gasteiger partial charge < -0.3 is 25.3 Å². The second-order valence-corrected chi connectivity index (χ2v) is 4.53. The van der Waals surface area contributed by atoms with E-state index < -0.39 is 0 Å². The summed E-state index contributed by atoms with van der Waals surface area (Å²) in [5.41, 5.74) is 6.58. The molecule has 7 nitrogen and oxygen atoms in total. The van der Waals surface area contributed by atoms with E-state index in [0.29, 0.717) is 42.0 Å². The van der Waals surface area contributed by atoms with E-state index >= 15 is 0 Å². The number of nitrogens with zero attached hydrogens (tertiary/aromatic N) is 2. The lowest BCUT2D eigenvalue weighted by Gasteiger charge is -2.13. The summed E-state index contributed by atoms with van der Waals surface area (Å²) < 4.78 is 15.6. The van der Waals surface area contributed by atoms with Crippen LogP contribution in [-0.2, 0) is 11.2 Å². The molecule has 0 saturated carbocycles.